The number of benzene rings is 1. The maximum atomic E-state index is 11.4. The highest BCUT2D eigenvalue weighted by Crippen LogP contribution is 2.13. The third kappa shape index (κ3) is 4.35. The number of ether oxygens (including phenoxy) is 1. The van der Waals surface area contributed by atoms with Gasteiger partial charge >= 0.3 is 0 Å². The molecule has 0 spiro atoms. The van der Waals surface area contributed by atoms with Gasteiger partial charge in [0.05, 0.1) is 6.61 Å². The van der Waals surface area contributed by atoms with Crippen molar-refractivity contribution >= 4 is 21.7 Å². The fourth-order valence-corrected chi connectivity index (χ4v) is 1.72. The molecule has 0 bridgehead atoms. The van der Waals surface area contributed by atoms with E-state index in [1.165, 1.54) is 0 Å². The Morgan fingerprint density at radius 3 is 2.50 bits per heavy atom. The van der Waals surface area contributed by atoms with E-state index in [9.17, 15) is 4.79 Å². The van der Waals surface area contributed by atoms with Gasteiger partial charge in [-0.05, 0) is 37.1 Å². The van der Waals surface area contributed by atoms with Gasteiger partial charge < -0.3 is 4.74 Å². The second-order valence-corrected chi connectivity index (χ2v) is 4.34. The first-order chi connectivity index (χ1) is 7.77. The van der Waals surface area contributed by atoms with Crippen molar-refractivity contribution in [3.05, 3.63) is 29.8 Å². The van der Waals surface area contributed by atoms with Gasteiger partial charge in [-0.25, -0.2) is 0 Å². The highest BCUT2D eigenvalue weighted by Gasteiger charge is 2.02. The molecule has 88 valence electrons. The first-order valence-corrected chi connectivity index (χ1v) is 6.72. The van der Waals surface area contributed by atoms with E-state index in [2.05, 4.69) is 15.9 Å². The topological polar surface area (TPSA) is 26.3 Å². The van der Waals surface area contributed by atoms with Gasteiger partial charge in [-0.15, -0.1) is 0 Å². The Morgan fingerprint density at radius 1 is 1.25 bits per heavy atom. The van der Waals surface area contributed by atoms with Gasteiger partial charge in [0.15, 0.2) is 5.78 Å². The smallest absolute Gasteiger partial charge is 0.162 e. The Hall–Kier alpha value is -0.830. The summed E-state index contributed by atoms with van der Waals surface area (Å²) < 4.78 is 5.54. The quantitative estimate of drug-likeness (QED) is 0.432. The zero-order chi connectivity index (χ0) is 11.8. The minimum Gasteiger partial charge on any atom is -0.494 e. The van der Waals surface area contributed by atoms with Crippen LogP contribution in [0.5, 0.6) is 5.75 Å². The van der Waals surface area contributed by atoms with Gasteiger partial charge in [-0.3, -0.25) is 4.79 Å². The van der Waals surface area contributed by atoms with Crippen molar-refractivity contribution in [1.29, 1.82) is 0 Å². The zero-order valence-corrected chi connectivity index (χ0v) is 11.1. The lowest BCUT2D eigenvalue weighted by atomic mass is 10.1. The predicted molar refractivity (Wildman–Crippen MR) is 69.6 cm³/mol. The maximum absolute atomic E-state index is 11.4. The lowest BCUT2D eigenvalue weighted by Crippen LogP contribution is -1.99. The molecule has 0 atom stereocenters. The van der Waals surface area contributed by atoms with Crippen LogP contribution in [0.15, 0.2) is 24.3 Å². The van der Waals surface area contributed by atoms with Crippen LogP contribution in [0.2, 0.25) is 0 Å². The summed E-state index contributed by atoms with van der Waals surface area (Å²) in [6.45, 7) is 2.60. The molecule has 0 heterocycles. The lowest BCUT2D eigenvalue weighted by Gasteiger charge is -2.05. The molecule has 0 N–H and O–H groups in total. The molecular weight excluding hydrogens is 268 g/mol. The molecule has 0 aliphatic heterocycles. The van der Waals surface area contributed by atoms with Gasteiger partial charge in [0.25, 0.3) is 0 Å². The summed E-state index contributed by atoms with van der Waals surface area (Å²) in [4.78, 5) is 11.4. The monoisotopic (exact) mass is 284 g/mol. The van der Waals surface area contributed by atoms with Crippen molar-refractivity contribution in [3.8, 4) is 5.75 Å². The summed E-state index contributed by atoms with van der Waals surface area (Å²) >= 11 is 3.38. The van der Waals surface area contributed by atoms with E-state index in [1.54, 1.807) is 0 Å². The molecule has 1 aromatic carbocycles. The first kappa shape index (κ1) is 13.2. The molecule has 0 aliphatic carbocycles. The SMILES string of the molecule is CCC(=O)c1ccc(OCCCCBr)cc1. The van der Waals surface area contributed by atoms with Crippen LogP contribution < -0.4 is 4.74 Å². The van der Waals surface area contributed by atoms with E-state index in [4.69, 9.17) is 4.74 Å². The Bertz CT molecular complexity index is 319. The summed E-state index contributed by atoms with van der Waals surface area (Å²) in [5.41, 5.74) is 0.760. The fraction of sp³-hybridized carbons (Fsp3) is 0.462. The third-order valence-corrected chi connectivity index (χ3v) is 2.85. The Kier molecular flexibility index (Phi) is 6.16. The minimum atomic E-state index is 0.172. The van der Waals surface area contributed by atoms with E-state index < -0.39 is 0 Å². The van der Waals surface area contributed by atoms with Crippen LogP contribution in [-0.2, 0) is 0 Å². The minimum absolute atomic E-state index is 0.172. The van der Waals surface area contributed by atoms with Crippen molar-refractivity contribution in [2.75, 3.05) is 11.9 Å². The number of carbonyl (C=O) groups excluding carboxylic acids is 1. The molecule has 2 nitrogen and oxygen atoms in total. The average Bonchev–Trinajstić information content (AvgIpc) is 2.34. The number of unbranched alkanes of at least 4 members (excludes halogenated alkanes) is 1. The van der Waals surface area contributed by atoms with Crippen LogP contribution in [0.1, 0.15) is 36.5 Å². The number of hydrogen-bond acceptors (Lipinski definition) is 2. The Labute approximate surface area is 105 Å². The molecule has 0 saturated heterocycles. The zero-order valence-electron chi connectivity index (χ0n) is 9.54. The number of ketones is 1. The van der Waals surface area contributed by atoms with E-state index >= 15 is 0 Å². The summed E-state index contributed by atoms with van der Waals surface area (Å²) in [6.07, 6.45) is 2.71. The Balaban J connectivity index is 2.42. The molecule has 0 amide bonds. The molecule has 3 heteroatoms. The van der Waals surface area contributed by atoms with Crippen molar-refractivity contribution < 1.29 is 9.53 Å². The molecule has 0 aliphatic rings. The molecule has 16 heavy (non-hydrogen) atoms. The molecule has 0 aromatic heterocycles. The van der Waals surface area contributed by atoms with Gasteiger partial charge in [0.1, 0.15) is 5.75 Å². The molecular formula is C13H17BrO2. The number of hydrogen-bond donors (Lipinski definition) is 0. The van der Waals surface area contributed by atoms with E-state index in [-0.39, 0.29) is 5.78 Å². The Morgan fingerprint density at radius 2 is 1.94 bits per heavy atom. The predicted octanol–water partition coefficient (Wildman–Crippen LogP) is 3.83. The number of Topliss-reactive ketones (excluding diaryl/α,β-unsaturated/α-hetero) is 1. The van der Waals surface area contributed by atoms with Crippen molar-refractivity contribution in [1.82, 2.24) is 0 Å². The van der Waals surface area contributed by atoms with Gasteiger partial charge in [-0.2, -0.15) is 0 Å². The van der Waals surface area contributed by atoms with Gasteiger partial charge in [0.2, 0.25) is 0 Å². The highest BCUT2D eigenvalue weighted by molar-refractivity contribution is 9.09. The maximum Gasteiger partial charge on any atom is 0.162 e. The lowest BCUT2D eigenvalue weighted by molar-refractivity contribution is 0.0988. The van der Waals surface area contributed by atoms with Crippen LogP contribution in [0.4, 0.5) is 0 Å². The second-order valence-electron chi connectivity index (χ2n) is 3.55. The molecule has 0 radical (unpaired) electrons. The highest BCUT2D eigenvalue weighted by atomic mass is 79.9. The molecule has 0 unspecified atom stereocenters. The van der Waals surface area contributed by atoms with Crippen LogP contribution in [-0.4, -0.2) is 17.7 Å². The van der Waals surface area contributed by atoms with Gasteiger partial charge in [-0.1, -0.05) is 22.9 Å². The number of halogens is 1. The number of rotatable bonds is 7. The van der Waals surface area contributed by atoms with Crippen LogP contribution in [0.25, 0.3) is 0 Å². The molecule has 1 aromatic rings. The summed E-state index contributed by atoms with van der Waals surface area (Å²) in [5, 5.41) is 1.01. The van der Waals surface area contributed by atoms with E-state index in [0.717, 1.165) is 36.1 Å². The largest absolute Gasteiger partial charge is 0.494 e. The molecule has 1 rings (SSSR count). The standard InChI is InChI=1S/C13H17BrO2/c1-2-13(15)11-5-7-12(8-6-11)16-10-4-3-9-14/h5-8H,2-4,9-10H2,1H3. The number of alkyl halides is 1. The van der Waals surface area contributed by atoms with Crippen molar-refractivity contribution in [2.45, 2.75) is 26.2 Å². The van der Waals surface area contributed by atoms with Crippen molar-refractivity contribution in [3.63, 3.8) is 0 Å². The van der Waals surface area contributed by atoms with Crippen LogP contribution >= 0.6 is 15.9 Å². The van der Waals surface area contributed by atoms with Crippen molar-refractivity contribution in [2.24, 2.45) is 0 Å². The second kappa shape index (κ2) is 7.44. The first-order valence-electron chi connectivity index (χ1n) is 5.60. The van der Waals surface area contributed by atoms with Crippen LogP contribution in [0, 0.1) is 0 Å². The average molecular weight is 285 g/mol. The van der Waals surface area contributed by atoms with E-state index in [1.807, 2.05) is 31.2 Å². The summed E-state index contributed by atoms with van der Waals surface area (Å²) in [7, 11) is 0. The number of carbonyl (C=O) groups is 1. The summed E-state index contributed by atoms with van der Waals surface area (Å²) in [5.74, 6) is 1.01. The molecule has 0 saturated carbocycles. The molecule has 0 fully saturated rings. The van der Waals surface area contributed by atoms with Crippen LogP contribution in [0.3, 0.4) is 0 Å². The third-order valence-electron chi connectivity index (χ3n) is 2.29. The van der Waals surface area contributed by atoms with Gasteiger partial charge in [0, 0.05) is 17.3 Å². The van der Waals surface area contributed by atoms with E-state index in [0.29, 0.717) is 6.42 Å². The normalized spacial score (nSPS) is 10.1. The summed E-state index contributed by atoms with van der Waals surface area (Å²) in [6, 6.07) is 7.37. The fourth-order valence-electron chi connectivity index (χ4n) is 1.33.